The Morgan fingerprint density at radius 2 is 1.23 bits per heavy atom. The van der Waals surface area contributed by atoms with Gasteiger partial charge in [-0.05, 0) is 47.5 Å². The molecule has 4 nitrogen and oxygen atoms in total. The molecule has 0 fully saturated rings. The Bertz CT molecular complexity index is 1250. The Balaban J connectivity index is 1.83. The summed E-state index contributed by atoms with van der Waals surface area (Å²) < 4.78 is 78.1. The molecule has 0 aliphatic carbocycles. The first-order valence-corrected chi connectivity index (χ1v) is 10.2. The van der Waals surface area contributed by atoms with Crippen molar-refractivity contribution in [2.45, 2.75) is 24.5 Å². The highest BCUT2D eigenvalue weighted by molar-refractivity contribution is 6.16. The lowest BCUT2D eigenvalue weighted by Gasteiger charge is -2.31. The van der Waals surface area contributed by atoms with Crippen LogP contribution in [0, 0.1) is 0 Å². The summed E-state index contributed by atoms with van der Waals surface area (Å²) in [5.74, 6) is -1.84. The summed E-state index contributed by atoms with van der Waals surface area (Å²) in [5.41, 5.74) is -1.76. The number of hydrogen-bond donors (Lipinski definition) is 2. The maximum absolute atomic E-state index is 13.0. The topological polar surface area (TPSA) is 60.8 Å². The first-order chi connectivity index (χ1) is 16.4. The van der Waals surface area contributed by atoms with Crippen molar-refractivity contribution in [2.75, 3.05) is 4.90 Å². The van der Waals surface area contributed by atoms with Crippen LogP contribution in [0.25, 0.3) is 5.57 Å². The van der Waals surface area contributed by atoms with E-state index >= 15 is 0 Å². The lowest BCUT2D eigenvalue weighted by molar-refractivity contribution is -0.138. The normalized spacial score (nSPS) is 17.7. The molecule has 0 spiro atoms. The third kappa shape index (κ3) is 4.61. The van der Waals surface area contributed by atoms with Crippen molar-refractivity contribution >= 4 is 17.2 Å². The highest BCUT2D eigenvalue weighted by Crippen LogP contribution is 2.43. The molecule has 4 rings (SSSR count). The number of carbonyl (C=O) groups excluding carboxylic acids is 1. The first kappa shape index (κ1) is 24.3. The van der Waals surface area contributed by atoms with Crippen LogP contribution in [-0.4, -0.2) is 22.2 Å². The summed E-state index contributed by atoms with van der Waals surface area (Å²) in [6, 6.07) is 13.8. The van der Waals surface area contributed by atoms with E-state index in [0.29, 0.717) is 5.56 Å². The van der Waals surface area contributed by atoms with E-state index in [1.54, 1.807) is 30.3 Å². The van der Waals surface area contributed by atoms with Crippen LogP contribution >= 0.6 is 0 Å². The van der Waals surface area contributed by atoms with Crippen LogP contribution in [-0.2, 0) is 17.1 Å². The van der Waals surface area contributed by atoms with E-state index in [4.69, 9.17) is 0 Å². The minimum atomic E-state index is -4.62. The van der Waals surface area contributed by atoms with Crippen molar-refractivity contribution < 1.29 is 41.4 Å². The molecular formula is C25H17F6NO3. The van der Waals surface area contributed by atoms with Crippen LogP contribution in [0.4, 0.5) is 32.0 Å². The van der Waals surface area contributed by atoms with Crippen molar-refractivity contribution in [2.24, 2.45) is 0 Å². The fraction of sp³-hybridized carbons (Fsp3) is 0.160. The van der Waals surface area contributed by atoms with Crippen LogP contribution in [0.15, 0.2) is 84.6 Å². The Hall–Kier alpha value is -3.79. The van der Waals surface area contributed by atoms with E-state index in [1.807, 2.05) is 0 Å². The largest absolute Gasteiger partial charge is 0.503 e. The van der Waals surface area contributed by atoms with Gasteiger partial charge in [0.1, 0.15) is 6.10 Å². The zero-order valence-electron chi connectivity index (χ0n) is 17.7. The summed E-state index contributed by atoms with van der Waals surface area (Å²) in [5, 5.41) is 21.9. The molecule has 1 aliphatic heterocycles. The number of aliphatic hydroxyl groups excluding tert-OH is 2. The van der Waals surface area contributed by atoms with E-state index in [9.17, 15) is 41.4 Å². The van der Waals surface area contributed by atoms with Gasteiger partial charge in [-0.2, -0.15) is 26.3 Å². The summed E-state index contributed by atoms with van der Waals surface area (Å²) in [7, 11) is 0. The molecule has 1 amide bonds. The molecule has 1 heterocycles. The molecule has 2 N–H and O–H groups in total. The fourth-order valence-corrected chi connectivity index (χ4v) is 3.99. The van der Waals surface area contributed by atoms with Gasteiger partial charge in [-0.25, -0.2) is 0 Å². The maximum Gasteiger partial charge on any atom is 0.416 e. The number of hydrogen-bond acceptors (Lipinski definition) is 3. The minimum Gasteiger partial charge on any atom is -0.503 e. The second-order valence-corrected chi connectivity index (χ2v) is 7.86. The predicted molar refractivity (Wildman–Crippen MR) is 115 cm³/mol. The zero-order chi connectivity index (χ0) is 25.5. The Morgan fingerprint density at radius 3 is 1.71 bits per heavy atom. The highest BCUT2D eigenvalue weighted by Gasteiger charge is 2.45. The summed E-state index contributed by atoms with van der Waals surface area (Å²) in [6.07, 6.45) is -10.7. The van der Waals surface area contributed by atoms with Crippen LogP contribution in [0.5, 0.6) is 0 Å². The van der Waals surface area contributed by atoms with E-state index in [1.165, 1.54) is 0 Å². The van der Waals surface area contributed by atoms with Crippen LogP contribution in [0.2, 0.25) is 0 Å². The van der Waals surface area contributed by atoms with Gasteiger partial charge in [0.25, 0.3) is 5.91 Å². The van der Waals surface area contributed by atoms with Gasteiger partial charge in [-0.1, -0.05) is 42.5 Å². The quantitative estimate of drug-likeness (QED) is 0.429. The number of carbonyl (C=O) groups is 1. The van der Waals surface area contributed by atoms with Gasteiger partial charge < -0.3 is 10.2 Å². The van der Waals surface area contributed by atoms with Crippen molar-refractivity contribution in [1.82, 2.24) is 0 Å². The zero-order valence-corrected chi connectivity index (χ0v) is 17.7. The molecule has 3 aromatic carbocycles. The number of aliphatic hydroxyl groups is 2. The van der Waals surface area contributed by atoms with Gasteiger partial charge in [-0.15, -0.1) is 0 Å². The Kier molecular flexibility index (Phi) is 6.10. The minimum absolute atomic E-state index is 0.0400. The summed E-state index contributed by atoms with van der Waals surface area (Å²) in [6.45, 7) is 0. The first-order valence-electron chi connectivity index (χ1n) is 10.2. The number of halogens is 6. The summed E-state index contributed by atoms with van der Waals surface area (Å²) in [4.78, 5) is 14.0. The lowest BCUT2D eigenvalue weighted by atomic mass is 9.91. The van der Waals surface area contributed by atoms with Crippen LogP contribution in [0.1, 0.15) is 28.4 Å². The van der Waals surface area contributed by atoms with E-state index in [-0.39, 0.29) is 16.8 Å². The molecule has 0 saturated carbocycles. The molecule has 0 saturated heterocycles. The van der Waals surface area contributed by atoms with Crippen molar-refractivity contribution in [3.8, 4) is 0 Å². The third-order valence-electron chi connectivity index (χ3n) is 5.69. The van der Waals surface area contributed by atoms with Crippen LogP contribution in [0.3, 0.4) is 0 Å². The number of amides is 1. The number of benzene rings is 3. The van der Waals surface area contributed by atoms with Gasteiger partial charge in [-0.3, -0.25) is 9.69 Å². The fourth-order valence-electron chi connectivity index (χ4n) is 3.99. The van der Waals surface area contributed by atoms with Gasteiger partial charge in [0.2, 0.25) is 0 Å². The van der Waals surface area contributed by atoms with Gasteiger partial charge >= 0.3 is 12.4 Å². The number of rotatable bonds is 4. The van der Waals surface area contributed by atoms with Crippen molar-refractivity contribution in [1.29, 1.82) is 0 Å². The smallest absolute Gasteiger partial charge is 0.416 e. The standard InChI is InChI=1S/C25H17F6NO3/c26-24(27,28)16-8-6-14(7-9-16)19-20(21(33)15-4-2-1-3-5-15)32(23(35)22(19)34)18-12-10-17(11-13-18)25(29,30)31/h1-13,20-21,33-34H/t20?,21-/m1/s1. The molecule has 10 heteroatoms. The van der Waals surface area contributed by atoms with E-state index < -0.39 is 47.3 Å². The molecule has 182 valence electrons. The Morgan fingerprint density at radius 1 is 0.743 bits per heavy atom. The average Bonchev–Trinajstić information content (AvgIpc) is 3.08. The molecule has 0 radical (unpaired) electrons. The number of nitrogens with zero attached hydrogens (tertiary/aromatic N) is 1. The van der Waals surface area contributed by atoms with Crippen molar-refractivity contribution in [3.05, 3.63) is 107 Å². The number of alkyl halides is 6. The highest BCUT2D eigenvalue weighted by atomic mass is 19.4. The van der Waals surface area contributed by atoms with Crippen LogP contribution < -0.4 is 4.90 Å². The number of anilines is 1. The van der Waals surface area contributed by atoms with E-state index in [0.717, 1.165) is 53.4 Å². The molecule has 2 atom stereocenters. The lowest BCUT2D eigenvalue weighted by Crippen LogP contribution is -2.39. The third-order valence-corrected chi connectivity index (χ3v) is 5.69. The van der Waals surface area contributed by atoms with Crippen molar-refractivity contribution in [3.63, 3.8) is 0 Å². The van der Waals surface area contributed by atoms with Gasteiger partial charge in [0.05, 0.1) is 17.2 Å². The van der Waals surface area contributed by atoms with Gasteiger partial charge in [0.15, 0.2) is 5.76 Å². The maximum atomic E-state index is 13.0. The summed E-state index contributed by atoms with van der Waals surface area (Å²) >= 11 is 0. The SMILES string of the molecule is O=C1C(O)=C(c2ccc(C(F)(F)F)cc2)C([C@H](O)c2ccccc2)N1c1ccc(C(F)(F)F)cc1. The molecule has 35 heavy (non-hydrogen) atoms. The second kappa shape index (κ2) is 8.77. The molecular weight excluding hydrogens is 476 g/mol. The predicted octanol–water partition coefficient (Wildman–Crippen LogP) is 6.14. The second-order valence-electron chi connectivity index (χ2n) is 7.86. The average molecular weight is 493 g/mol. The Labute approximate surface area is 195 Å². The molecule has 1 unspecified atom stereocenters. The van der Waals surface area contributed by atoms with Gasteiger partial charge in [0, 0.05) is 11.3 Å². The monoisotopic (exact) mass is 493 g/mol. The van der Waals surface area contributed by atoms with E-state index in [2.05, 4.69) is 0 Å². The molecule has 0 bridgehead atoms. The molecule has 1 aliphatic rings. The molecule has 0 aromatic heterocycles. The molecule has 3 aromatic rings.